The standard InChI is InChI=1S/C11H8ClN5OS/c12-6-9-14-15-11(19-9)18-10-13-7-17(16-10)8-4-2-1-3-5-8/h1-5,7H,6H2. The van der Waals surface area contributed by atoms with Gasteiger partial charge in [-0.05, 0) is 12.1 Å². The monoisotopic (exact) mass is 293 g/mol. The van der Waals surface area contributed by atoms with Crippen LogP contribution in [0.25, 0.3) is 5.69 Å². The minimum absolute atomic E-state index is 0.223. The molecule has 0 saturated heterocycles. The predicted molar refractivity (Wildman–Crippen MR) is 70.9 cm³/mol. The van der Waals surface area contributed by atoms with Gasteiger partial charge >= 0.3 is 11.2 Å². The Kier molecular flexibility index (Phi) is 3.39. The predicted octanol–water partition coefficient (Wildman–Crippen LogP) is 2.65. The number of hydrogen-bond donors (Lipinski definition) is 0. The third kappa shape index (κ3) is 2.72. The van der Waals surface area contributed by atoms with E-state index in [1.165, 1.54) is 11.3 Å². The Hall–Kier alpha value is -1.99. The van der Waals surface area contributed by atoms with E-state index in [4.69, 9.17) is 16.3 Å². The third-order valence-electron chi connectivity index (χ3n) is 2.23. The Morgan fingerprint density at radius 3 is 2.79 bits per heavy atom. The highest BCUT2D eigenvalue weighted by Crippen LogP contribution is 2.23. The molecule has 96 valence electrons. The second kappa shape index (κ2) is 5.33. The van der Waals surface area contributed by atoms with Crippen LogP contribution in [0.5, 0.6) is 11.2 Å². The number of benzene rings is 1. The summed E-state index contributed by atoms with van der Waals surface area (Å²) in [5.74, 6) is 0.312. The summed E-state index contributed by atoms with van der Waals surface area (Å²) in [6.45, 7) is 0. The minimum atomic E-state index is 0.223. The average Bonchev–Trinajstić information content (AvgIpc) is 3.09. The maximum Gasteiger partial charge on any atom is 0.343 e. The largest absolute Gasteiger partial charge is 0.393 e. The molecule has 0 fully saturated rings. The molecule has 2 heterocycles. The Bertz CT molecular complexity index is 669. The molecule has 0 unspecified atom stereocenters. The van der Waals surface area contributed by atoms with Gasteiger partial charge in [-0.1, -0.05) is 34.6 Å². The van der Waals surface area contributed by atoms with Crippen LogP contribution in [0.1, 0.15) is 5.01 Å². The van der Waals surface area contributed by atoms with E-state index < -0.39 is 0 Å². The number of alkyl halides is 1. The Morgan fingerprint density at radius 1 is 1.21 bits per heavy atom. The van der Waals surface area contributed by atoms with E-state index in [1.54, 1.807) is 11.0 Å². The summed E-state index contributed by atoms with van der Waals surface area (Å²) in [7, 11) is 0. The first-order valence-electron chi connectivity index (χ1n) is 5.38. The van der Waals surface area contributed by atoms with Crippen molar-refractivity contribution in [1.29, 1.82) is 0 Å². The van der Waals surface area contributed by atoms with Crippen molar-refractivity contribution in [2.75, 3.05) is 0 Å². The van der Waals surface area contributed by atoms with Gasteiger partial charge in [0, 0.05) is 0 Å². The van der Waals surface area contributed by atoms with Crippen molar-refractivity contribution in [2.45, 2.75) is 5.88 Å². The Morgan fingerprint density at radius 2 is 2.05 bits per heavy atom. The summed E-state index contributed by atoms with van der Waals surface area (Å²) < 4.78 is 7.03. The molecule has 0 amide bonds. The molecule has 6 nitrogen and oxygen atoms in total. The summed E-state index contributed by atoms with van der Waals surface area (Å²) >= 11 is 6.91. The van der Waals surface area contributed by atoms with Gasteiger partial charge in [-0.25, -0.2) is 4.68 Å². The molecule has 0 spiro atoms. The molecule has 0 saturated carbocycles. The Balaban J connectivity index is 1.78. The zero-order valence-electron chi connectivity index (χ0n) is 9.60. The van der Waals surface area contributed by atoms with Crippen LogP contribution >= 0.6 is 22.9 Å². The van der Waals surface area contributed by atoms with Gasteiger partial charge in [0.15, 0.2) is 0 Å². The van der Waals surface area contributed by atoms with Gasteiger partial charge in [0.1, 0.15) is 11.3 Å². The average molecular weight is 294 g/mol. The van der Waals surface area contributed by atoms with Gasteiger partial charge in [-0.3, -0.25) is 0 Å². The van der Waals surface area contributed by atoms with E-state index in [0.717, 1.165) is 5.69 Å². The number of para-hydroxylation sites is 1. The van der Waals surface area contributed by atoms with E-state index >= 15 is 0 Å². The molecule has 3 aromatic rings. The molecule has 0 atom stereocenters. The molecule has 0 aliphatic carbocycles. The second-order valence-electron chi connectivity index (χ2n) is 3.50. The van der Waals surface area contributed by atoms with Gasteiger partial charge in [0.05, 0.1) is 11.6 Å². The van der Waals surface area contributed by atoms with Crippen LogP contribution in [0.2, 0.25) is 0 Å². The molecule has 0 bridgehead atoms. The molecule has 1 aromatic carbocycles. The fraction of sp³-hybridized carbons (Fsp3) is 0.0909. The van der Waals surface area contributed by atoms with Crippen LogP contribution in [-0.2, 0) is 5.88 Å². The van der Waals surface area contributed by atoms with Crippen molar-refractivity contribution in [3.05, 3.63) is 41.7 Å². The summed E-state index contributed by atoms with van der Waals surface area (Å²) in [6, 6.07) is 9.86. The topological polar surface area (TPSA) is 65.7 Å². The van der Waals surface area contributed by atoms with Crippen molar-refractivity contribution >= 4 is 22.9 Å². The van der Waals surface area contributed by atoms with Crippen molar-refractivity contribution in [3.8, 4) is 16.9 Å². The zero-order valence-corrected chi connectivity index (χ0v) is 11.2. The summed E-state index contributed by atoms with van der Waals surface area (Å²) in [5, 5.41) is 13.0. The molecular formula is C11H8ClN5OS. The lowest BCUT2D eigenvalue weighted by Crippen LogP contribution is -1.94. The third-order valence-corrected chi connectivity index (χ3v) is 3.45. The van der Waals surface area contributed by atoms with Crippen LogP contribution in [0.3, 0.4) is 0 Å². The highest BCUT2D eigenvalue weighted by molar-refractivity contribution is 7.13. The first-order valence-corrected chi connectivity index (χ1v) is 6.73. The first-order chi connectivity index (χ1) is 9.35. The Labute approximate surface area is 117 Å². The maximum atomic E-state index is 5.64. The molecule has 8 heteroatoms. The van der Waals surface area contributed by atoms with Crippen molar-refractivity contribution < 1.29 is 4.74 Å². The van der Waals surface area contributed by atoms with Gasteiger partial charge < -0.3 is 4.74 Å². The van der Waals surface area contributed by atoms with E-state index in [2.05, 4.69) is 20.3 Å². The highest BCUT2D eigenvalue weighted by Gasteiger charge is 2.09. The second-order valence-corrected chi connectivity index (χ2v) is 4.80. The molecule has 0 N–H and O–H groups in total. The van der Waals surface area contributed by atoms with Crippen LogP contribution in [0.15, 0.2) is 36.7 Å². The highest BCUT2D eigenvalue weighted by atomic mass is 35.5. The SMILES string of the molecule is ClCc1nnc(Oc2ncn(-c3ccccc3)n2)s1. The lowest BCUT2D eigenvalue weighted by molar-refractivity contribution is 0.434. The minimum Gasteiger partial charge on any atom is -0.393 e. The summed E-state index contributed by atoms with van der Waals surface area (Å²) in [4.78, 5) is 4.06. The molecule has 3 rings (SSSR count). The maximum absolute atomic E-state index is 5.64. The molecule has 0 aliphatic rings. The lowest BCUT2D eigenvalue weighted by atomic mass is 10.3. The zero-order chi connectivity index (χ0) is 13.1. The lowest BCUT2D eigenvalue weighted by Gasteiger charge is -1.97. The van der Waals surface area contributed by atoms with Gasteiger partial charge in [-0.2, -0.15) is 4.98 Å². The van der Waals surface area contributed by atoms with Crippen LogP contribution in [0.4, 0.5) is 0 Å². The fourth-order valence-corrected chi connectivity index (χ4v) is 2.16. The van der Waals surface area contributed by atoms with Crippen LogP contribution in [-0.4, -0.2) is 25.0 Å². The molecular weight excluding hydrogens is 286 g/mol. The summed E-state index contributed by atoms with van der Waals surface area (Å²) in [5.41, 5.74) is 0.906. The number of halogens is 1. The van der Waals surface area contributed by atoms with Crippen molar-refractivity contribution in [1.82, 2.24) is 25.0 Å². The molecule has 0 aliphatic heterocycles. The van der Waals surface area contributed by atoms with Crippen LogP contribution < -0.4 is 4.74 Å². The number of ether oxygens (including phenoxy) is 1. The van der Waals surface area contributed by atoms with E-state index in [9.17, 15) is 0 Å². The van der Waals surface area contributed by atoms with Gasteiger partial charge in [-0.15, -0.1) is 21.8 Å². The summed E-state index contributed by atoms with van der Waals surface area (Å²) in [6.07, 6.45) is 1.58. The number of aromatic nitrogens is 5. The molecule has 2 aromatic heterocycles. The molecule has 19 heavy (non-hydrogen) atoms. The van der Waals surface area contributed by atoms with Crippen molar-refractivity contribution in [3.63, 3.8) is 0 Å². The number of rotatable bonds is 4. The van der Waals surface area contributed by atoms with E-state index in [0.29, 0.717) is 16.1 Å². The smallest absolute Gasteiger partial charge is 0.343 e. The van der Waals surface area contributed by atoms with Gasteiger partial charge in [0.2, 0.25) is 0 Å². The van der Waals surface area contributed by atoms with E-state index in [1.807, 2.05) is 30.3 Å². The quantitative estimate of drug-likeness (QED) is 0.692. The van der Waals surface area contributed by atoms with E-state index in [-0.39, 0.29) is 6.01 Å². The molecule has 0 radical (unpaired) electrons. The fourth-order valence-electron chi connectivity index (χ4n) is 1.41. The number of nitrogens with zero attached hydrogens (tertiary/aromatic N) is 5. The number of hydrogen-bond acceptors (Lipinski definition) is 6. The normalized spacial score (nSPS) is 10.6. The van der Waals surface area contributed by atoms with Crippen LogP contribution in [0, 0.1) is 0 Å². The van der Waals surface area contributed by atoms with Crippen molar-refractivity contribution in [2.24, 2.45) is 0 Å². The van der Waals surface area contributed by atoms with Gasteiger partial charge in [0.25, 0.3) is 0 Å². The first kappa shape index (κ1) is 12.1.